The third-order valence-electron chi connectivity index (χ3n) is 3.72. The molecule has 0 aromatic heterocycles. The Hall–Kier alpha value is -1.34. The molecule has 0 aromatic carbocycles. The van der Waals surface area contributed by atoms with Crippen molar-refractivity contribution in [2.75, 3.05) is 26.3 Å². The van der Waals surface area contributed by atoms with Crippen LogP contribution in [0.3, 0.4) is 0 Å². The predicted octanol–water partition coefficient (Wildman–Crippen LogP) is 3.55. The summed E-state index contributed by atoms with van der Waals surface area (Å²) in [5.41, 5.74) is -0.00757. The lowest BCUT2D eigenvalue weighted by Crippen LogP contribution is -2.52. The Morgan fingerprint density at radius 2 is 1.84 bits per heavy atom. The Morgan fingerprint density at radius 1 is 1.24 bits per heavy atom. The number of carbonyl (C=O) groups is 2. The SMILES string of the molecule is C=C(C)C(=O)OCCN(C(=O)NCCC[Si](C)(C)OCC)C(C)(C)C. The summed E-state index contributed by atoms with van der Waals surface area (Å²) in [5.74, 6) is -0.433. The second-order valence-corrected chi connectivity index (χ2v) is 12.1. The minimum absolute atomic E-state index is 0.144. The van der Waals surface area contributed by atoms with Crippen molar-refractivity contribution in [1.29, 1.82) is 0 Å². The summed E-state index contributed by atoms with van der Waals surface area (Å²) in [6.07, 6.45) is 0.896. The minimum Gasteiger partial charge on any atom is -0.460 e. The van der Waals surface area contributed by atoms with E-state index in [9.17, 15) is 9.59 Å². The Kier molecular flexibility index (Phi) is 10.0. The fourth-order valence-electron chi connectivity index (χ4n) is 2.36. The van der Waals surface area contributed by atoms with Gasteiger partial charge < -0.3 is 19.4 Å². The van der Waals surface area contributed by atoms with E-state index in [1.54, 1.807) is 11.8 Å². The van der Waals surface area contributed by atoms with Gasteiger partial charge in [-0.25, -0.2) is 9.59 Å². The Labute approximate surface area is 154 Å². The Bertz CT molecular complexity index is 458. The molecule has 0 atom stereocenters. The standard InChI is InChI=1S/C18H36N2O4Si/c1-9-24-25(7,8)14-10-11-19-17(22)20(18(4,5)6)12-13-23-16(21)15(2)3/h2,9-14H2,1,3-8H3,(H,19,22). The van der Waals surface area contributed by atoms with E-state index in [2.05, 4.69) is 25.0 Å². The molecule has 0 spiro atoms. The fourth-order valence-corrected chi connectivity index (χ4v) is 4.32. The van der Waals surface area contributed by atoms with E-state index in [1.807, 2.05) is 27.7 Å². The van der Waals surface area contributed by atoms with E-state index >= 15 is 0 Å². The van der Waals surface area contributed by atoms with Crippen LogP contribution in [0.5, 0.6) is 0 Å². The maximum atomic E-state index is 12.5. The third-order valence-corrected chi connectivity index (χ3v) is 6.35. The maximum Gasteiger partial charge on any atom is 0.333 e. The highest BCUT2D eigenvalue weighted by molar-refractivity contribution is 6.71. The zero-order valence-electron chi connectivity index (χ0n) is 17.0. The van der Waals surface area contributed by atoms with Crippen molar-refractivity contribution >= 4 is 20.3 Å². The van der Waals surface area contributed by atoms with Gasteiger partial charge in [-0.1, -0.05) is 6.58 Å². The Balaban J connectivity index is 4.42. The van der Waals surface area contributed by atoms with Crippen molar-refractivity contribution in [2.24, 2.45) is 0 Å². The van der Waals surface area contributed by atoms with Gasteiger partial charge in [0, 0.05) is 24.3 Å². The summed E-state index contributed by atoms with van der Waals surface area (Å²) >= 11 is 0. The highest BCUT2D eigenvalue weighted by atomic mass is 28.4. The van der Waals surface area contributed by atoms with Crippen LogP contribution in [0.1, 0.15) is 41.0 Å². The number of nitrogens with zero attached hydrogens (tertiary/aromatic N) is 1. The van der Waals surface area contributed by atoms with Crippen LogP contribution in [0.15, 0.2) is 12.2 Å². The van der Waals surface area contributed by atoms with Crippen molar-refractivity contribution in [3.63, 3.8) is 0 Å². The van der Waals surface area contributed by atoms with Gasteiger partial charge in [0.05, 0.1) is 6.54 Å². The van der Waals surface area contributed by atoms with Gasteiger partial charge in [-0.2, -0.15) is 0 Å². The largest absolute Gasteiger partial charge is 0.460 e. The van der Waals surface area contributed by atoms with Crippen molar-refractivity contribution in [3.8, 4) is 0 Å². The maximum absolute atomic E-state index is 12.5. The van der Waals surface area contributed by atoms with Gasteiger partial charge in [0.1, 0.15) is 6.61 Å². The molecule has 146 valence electrons. The first-order valence-electron chi connectivity index (χ1n) is 8.93. The molecule has 2 amide bonds. The number of hydrogen-bond donors (Lipinski definition) is 1. The molecular weight excluding hydrogens is 336 g/mol. The van der Waals surface area contributed by atoms with Gasteiger partial charge in [-0.05, 0) is 60.2 Å². The molecule has 0 heterocycles. The van der Waals surface area contributed by atoms with Crippen molar-refractivity contribution in [3.05, 3.63) is 12.2 Å². The van der Waals surface area contributed by atoms with Gasteiger partial charge in [0.15, 0.2) is 8.32 Å². The quantitative estimate of drug-likeness (QED) is 0.276. The highest BCUT2D eigenvalue weighted by Gasteiger charge is 2.27. The molecule has 1 N–H and O–H groups in total. The number of amides is 2. The number of nitrogens with one attached hydrogen (secondary N) is 1. The zero-order valence-corrected chi connectivity index (χ0v) is 18.0. The lowest BCUT2D eigenvalue weighted by molar-refractivity contribution is -0.139. The molecule has 25 heavy (non-hydrogen) atoms. The first-order valence-corrected chi connectivity index (χ1v) is 12.0. The number of carbonyl (C=O) groups excluding carboxylic acids is 2. The number of ether oxygens (including phenoxy) is 1. The summed E-state index contributed by atoms with van der Waals surface area (Å²) < 4.78 is 10.9. The smallest absolute Gasteiger partial charge is 0.333 e. The van der Waals surface area contributed by atoms with E-state index < -0.39 is 14.3 Å². The highest BCUT2D eigenvalue weighted by Crippen LogP contribution is 2.15. The van der Waals surface area contributed by atoms with Crippen LogP contribution < -0.4 is 5.32 Å². The molecule has 0 rings (SSSR count). The second kappa shape index (κ2) is 10.6. The molecular formula is C18H36N2O4Si. The third kappa shape index (κ3) is 10.3. The van der Waals surface area contributed by atoms with Gasteiger partial charge >= 0.3 is 12.0 Å². The number of esters is 1. The van der Waals surface area contributed by atoms with E-state index in [0.29, 0.717) is 18.7 Å². The molecule has 6 nitrogen and oxygen atoms in total. The molecule has 0 aromatic rings. The summed E-state index contributed by atoms with van der Waals surface area (Å²) in [5, 5.41) is 2.96. The molecule has 0 fully saturated rings. The topological polar surface area (TPSA) is 67.9 Å². The minimum atomic E-state index is -1.61. The average molecular weight is 373 g/mol. The van der Waals surface area contributed by atoms with Crippen LogP contribution in [0.4, 0.5) is 4.79 Å². The normalized spacial score (nSPS) is 11.8. The molecule has 0 radical (unpaired) electrons. The van der Waals surface area contributed by atoms with Crippen LogP contribution in [0.2, 0.25) is 19.1 Å². The molecule has 0 saturated heterocycles. The summed E-state index contributed by atoms with van der Waals surface area (Å²) in [6, 6.07) is 0.863. The molecule has 0 saturated carbocycles. The summed E-state index contributed by atoms with van der Waals surface area (Å²) in [4.78, 5) is 25.6. The van der Waals surface area contributed by atoms with Crippen LogP contribution in [-0.2, 0) is 14.0 Å². The Morgan fingerprint density at radius 3 is 2.32 bits per heavy atom. The first kappa shape index (κ1) is 23.7. The van der Waals surface area contributed by atoms with Gasteiger partial charge in [0.2, 0.25) is 0 Å². The van der Waals surface area contributed by atoms with Crippen molar-refractivity contribution < 1.29 is 18.8 Å². The van der Waals surface area contributed by atoms with E-state index in [4.69, 9.17) is 9.16 Å². The van der Waals surface area contributed by atoms with Gasteiger partial charge in [-0.15, -0.1) is 0 Å². The van der Waals surface area contributed by atoms with Crippen molar-refractivity contribution in [2.45, 2.75) is 65.7 Å². The van der Waals surface area contributed by atoms with Crippen LogP contribution in [0, 0.1) is 0 Å². The van der Waals surface area contributed by atoms with E-state index in [1.165, 1.54) is 0 Å². The van der Waals surface area contributed by atoms with Gasteiger partial charge in [0.25, 0.3) is 0 Å². The monoisotopic (exact) mass is 372 g/mol. The molecule has 0 unspecified atom stereocenters. The molecule has 0 aliphatic carbocycles. The lowest BCUT2D eigenvalue weighted by Gasteiger charge is -2.35. The molecule has 0 aliphatic rings. The van der Waals surface area contributed by atoms with Crippen LogP contribution >= 0.6 is 0 Å². The van der Waals surface area contributed by atoms with Crippen LogP contribution in [-0.4, -0.2) is 57.1 Å². The average Bonchev–Trinajstić information content (AvgIpc) is 2.46. The summed E-state index contributed by atoms with van der Waals surface area (Å²) in [7, 11) is -1.61. The second-order valence-electron chi connectivity index (χ2n) is 7.77. The molecule has 0 bridgehead atoms. The van der Waals surface area contributed by atoms with Gasteiger partial charge in [-0.3, -0.25) is 0 Å². The van der Waals surface area contributed by atoms with Crippen LogP contribution in [0.25, 0.3) is 0 Å². The number of hydrogen-bond acceptors (Lipinski definition) is 4. The van der Waals surface area contributed by atoms with Crippen molar-refractivity contribution in [1.82, 2.24) is 10.2 Å². The number of rotatable bonds is 10. The lowest BCUT2D eigenvalue weighted by atomic mass is 10.1. The molecule has 7 heteroatoms. The molecule has 0 aliphatic heterocycles. The van der Waals surface area contributed by atoms with E-state index in [0.717, 1.165) is 19.1 Å². The number of urea groups is 1. The van der Waals surface area contributed by atoms with E-state index in [-0.39, 0.29) is 18.2 Å². The zero-order chi connectivity index (χ0) is 19.7. The summed E-state index contributed by atoms with van der Waals surface area (Å²) in [6.45, 7) is 19.3. The first-order chi connectivity index (χ1) is 11.4. The predicted molar refractivity (Wildman–Crippen MR) is 104 cm³/mol. The fraction of sp³-hybridized carbons (Fsp3) is 0.778.